The van der Waals surface area contributed by atoms with Crippen molar-refractivity contribution in [3.05, 3.63) is 162 Å². The topological polar surface area (TPSA) is 0 Å². The van der Waals surface area contributed by atoms with Gasteiger partial charge in [-0.15, -0.1) is 0 Å². The number of aryl methyl sites for hydroxylation is 3. The van der Waals surface area contributed by atoms with E-state index in [2.05, 4.69) is 225 Å². The van der Waals surface area contributed by atoms with Crippen molar-refractivity contribution in [1.82, 2.24) is 0 Å². The highest BCUT2D eigenvalue weighted by atomic mass is 28.3. The molecule has 0 aliphatic heterocycles. The first-order chi connectivity index (χ1) is 23.9. The van der Waals surface area contributed by atoms with Crippen LogP contribution in [-0.4, -0.2) is 24.2 Å². The first-order valence-electron chi connectivity index (χ1n) is 18.4. The first kappa shape index (κ1) is 39.8. The second-order valence-electron chi connectivity index (χ2n) is 17.0. The lowest BCUT2D eigenvalue weighted by Crippen LogP contribution is -2.39. The van der Waals surface area contributed by atoms with Gasteiger partial charge in [-0.2, -0.15) is 0 Å². The van der Waals surface area contributed by atoms with Crippen molar-refractivity contribution in [3.63, 3.8) is 0 Å². The van der Waals surface area contributed by atoms with E-state index in [4.69, 9.17) is 0 Å². The minimum Gasteiger partial charge on any atom is -0.0656 e. The Morgan fingerprint density at radius 1 is 0.314 bits per heavy atom. The van der Waals surface area contributed by atoms with Gasteiger partial charge in [-0.25, -0.2) is 0 Å². The zero-order chi connectivity index (χ0) is 37.4. The van der Waals surface area contributed by atoms with Gasteiger partial charge < -0.3 is 0 Å². The molecule has 0 spiro atoms. The van der Waals surface area contributed by atoms with Crippen LogP contribution in [0.25, 0.3) is 33.4 Å². The molecule has 3 heteroatoms. The molecule has 0 atom stereocenters. The molecule has 6 rings (SSSR count). The maximum atomic E-state index is 2.41. The molecule has 0 nitrogen and oxygen atoms in total. The molecule has 0 saturated carbocycles. The molecule has 0 N–H and O–H groups in total. The quantitative estimate of drug-likeness (QED) is 0.150. The predicted octanol–water partition coefficient (Wildman–Crippen LogP) is 12.6. The highest BCUT2D eigenvalue weighted by Crippen LogP contribution is 2.24. The molecule has 6 aromatic rings. The number of rotatable bonds is 6. The molecule has 0 aromatic heterocycles. The number of benzene rings is 6. The largest absolute Gasteiger partial charge is 0.0779 e. The van der Waals surface area contributed by atoms with Crippen LogP contribution in [0.5, 0.6) is 0 Å². The van der Waals surface area contributed by atoms with Gasteiger partial charge in [-0.1, -0.05) is 231 Å². The van der Waals surface area contributed by atoms with E-state index in [1.54, 1.807) is 5.19 Å². The fraction of sp³-hybridized carbons (Fsp3) is 0.250. The lowest BCUT2D eigenvalue weighted by molar-refractivity contribution is 1.46. The van der Waals surface area contributed by atoms with E-state index >= 15 is 0 Å². The van der Waals surface area contributed by atoms with Crippen LogP contribution in [0.1, 0.15) is 16.7 Å². The Kier molecular flexibility index (Phi) is 13.2. The fourth-order valence-electron chi connectivity index (χ4n) is 6.27. The minimum atomic E-state index is -1.24. The van der Waals surface area contributed by atoms with Crippen LogP contribution < -0.4 is 15.6 Å². The second-order valence-corrected chi connectivity index (χ2v) is 32.2. The standard InChI is InChI=1S/3C16H20Si/c1-13-10-15(14-8-6-5-7-9-14)12-16(11-13)17(2,3)4;1-13-10-11-15(17(2,3)4)12-16(13)14-8-6-5-7-9-14;1-13-10-11-15(12-16(13)17(2,3)4)14-8-6-5-7-9-14/h3*5-12H,1-4H3. The van der Waals surface area contributed by atoms with Crippen LogP contribution in [0.15, 0.2) is 146 Å². The highest BCUT2D eigenvalue weighted by molar-refractivity contribution is 6.89. The van der Waals surface area contributed by atoms with Gasteiger partial charge in [0.25, 0.3) is 0 Å². The predicted molar refractivity (Wildman–Crippen MR) is 239 cm³/mol. The van der Waals surface area contributed by atoms with Crippen LogP contribution in [0.2, 0.25) is 58.9 Å². The Labute approximate surface area is 313 Å². The summed E-state index contributed by atoms with van der Waals surface area (Å²) in [6.45, 7) is 28.2. The minimum absolute atomic E-state index is 1.22. The highest BCUT2D eigenvalue weighted by Gasteiger charge is 2.20. The maximum absolute atomic E-state index is 2.41. The Balaban J connectivity index is 0.000000172. The second kappa shape index (κ2) is 17.0. The summed E-state index contributed by atoms with van der Waals surface area (Å²) in [4.78, 5) is 0. The molecule has 0 aliphatic rings. The Bertz CT molecular complexity index is 1990. The zero-order valence-corrected chi connectivity index (χ0v) is 36.4. The van der Waals surface area contributed by atoms with Crippen LogP contribution >= 0.6 is 0 Å². The molecule has 0 aliphatic carbocycles. The van der Waals surface area contributed by atoms with Crippen LogP contribution in [0, 0.1) is 20.8 Å². The molecule has 0 radical (unpaired) electrons. The monoisotopic (exact) mass is 720 g/mol. The van der Waals surface area contributed by atoms with E-state index in [9.17, 15) is 0 Å². The van der Waals surface area contributed by atoms with Gasteiger partial charge in [0.05, 0.1) is 24.2 Å². The molecule has 264 valence electrons. The maximum Gasteiger partial charge on any atom is 0.0779 e. The van der Waals surface area contributed by atoms with Gasteiger partial charge in [0.15, 0.2) is 0 Å². The molecule has 51 heavy (non-hydrogen) atoms. The summed E-state index contributed by atoms with van der Waals surface area (Å²) in [6, 6.07) is 52.7. The van der Waals surface area contributed by atoms with Gasteiger partial charge >= 0.3 is 0 Å². The average molecular weight is 721 g/mol. The third kappa shape index (κ3) is 11.5. The van der Waals surface area contributed by atoms with E-state index in [0.717, 1.165) is 0 Å². The molecule has 0 fully saturated rings. The molecular formula is C48H60Si3. The van der Waals surface area contributed by atoms with Gasteiger partial charge in [0.1, 0.15) is 0 Å². The summed E-state index contributed by atoms with van der Waals surface area (Å²) >= 11 is 0. The van der Waals surface area contributed by atoms with E-state index in [-0.39, 0.29) is 0 Å². The Hall–Kier alpha value is -4.03. The van der Waals surface area contributed by atoms with Crippen LogP contribution in [0.4, 0.5) is 0 Å². The SMILES string of the molecule is Cc1cc(-c2ccccc2)cc([Si](C)(C)C)c1.Cc1ccc(-c2ccccc2)cc1[Si](C)(C)C.Cc1ccc([Si](C)(C)C)cc1-c1ccccc1. The van der Waals surface area contributed by atoms with Gasteiger partial charge in [0.2, 0.25) is 0 Å². The summed E-state index contributed by atoms with van der Waals surface area (Å²) in [6.07, 6.45) is 0. The van der Waals surface area contributed by atoms with Crippen molar-refractivity contribution in [2.75, 3.05) is 0 Å². The van der Waals surface area contributed by atoms with E-state index < -0.39 is 24.2 Å². The summed E-state index contributed by atoms with van der Waals surface area (Å²) in [7, 11) is -3.69. The summed E-state index contributed by atoms with van der Waals surface area (Å²) in [5.41, 5.74) is 12.2. The fourth-order valence-corrected chi connectivity index (χ4v) is 10.5. The van der Waals surface area contributed by atoms with Gasteiger partial charge in [-0.3, -0.25) is 0 Å². The third-order valence-electron chi connectivity index (χ3n) is 9.39. The summed E-state index contributed by atoms with van der Waals surface area (Å²) in [5.74, 6) is 0. The number of hydrogen-bond acceptors (Lipinski definition) is 0. The van der Waals surface area contributed by atoms with E-state index in [1.165, 1.54) is 60.4 Å². The molecule has 0 unspecified atom stereocenters. The smallest absolute Gasteiger partial charge is 0.0656 e. The van der Waals surface area contributed by atoms with Crippen molar-refractivity contribution in [3.8, 4) is 33.4 Å². The summed E-state index contributed by atoms with van der Waals surface area (Å²) < 4.78 is 0. The molecule has 0 amide bonds. The van der Waals surface area contributed by atoms with Crippen LogP contribution in [-0.2, 0) is 0 Å². The first-order valence-corrected chi connectivity index (χ1v) is 28.9. The van der Waals surface area contributed by atoms with Crippen molar-refractivity contribution >= 4 is 39.8 Å². The van der Waals surface area contributed by atoms with Crippen LogP contribution in [0.3, 0.4) is 0 Å². The normalized spacial score (nSPS) is 11.5. The lowest BCUT2D eigenvalue weighted by Gasteiger charge is -2.20. The van der Waals surface area contributed by atoms with Crippen molar-refractivity contribution < 1.29 is 0 Å². The Morgan fingerprint density at radius 2 is 0.784 bits per heavy atom. The van der Waals surface area contributed by atoms with E-state index in [1.807, 2.05) is 0 Å². The molecule has 0 bridgehead atoms. The van der Waals surface area contributed by atoms with Crippen molar-refractivity contribution in [1.29, 1.82) is 0 Å². The Morgan fingerprint density at radius 3 is 1.27 bits per heavy atom. The molecular weight excluding hydrogens is 661 g/mol. The molecule has 0 heterocycles. The third-order valence-corrected chi connectivity index (χ3v) is 15.6. The van der Waals surface area contributed by atoms with Gasteiger partial charge in [-0.05, 0) is 59.7 Å². The van der Waals surface area contributed by atoms with Crippen molar-refractivity contribution in [2.24, 2.45) is 0 Å². The summed E-state index contributed by atoms with van der Waals surface area (Å²) in [5, 5.41) is 4.64. The van der Waals surface area contributed by atoms with Gasteiger partial charge in [0, 0.05) is 0 Å². The van der Waals surface area contributed by atoms with Crippen molar-refractivity contribution in [2.45, 2.75) is 79.7 Å². The number of hydrogen-bond donors (Lipinski definition) is 0. The average Bonchev–Trinajstić information content (AvgIpc) is 3.09. The molecule has 0 saturated heterocycles. The van der Waals surface area contributed by atoms with E-state index in [0.29, 0.717) is 0 Å². The zero-order valence-electron chi connectivity index (χ0n) is 33.4. The molecule has 6 aromatic carbocycles. The lowest BCUT2D eigenvalue weighted by atomic mass is 10.0.